The Labute approximate surface area is 176 Å². The molecular weight excluding hydrogens is 441 g/mol. The van der Waals surface area contributed by atoms with Crippen LogP contribution in [0.1, 0.15) is 10.5 Å². The van der Waals surface area contributed by atoms with Gasteiger partial charge >= 0.3 is 0 Å². The molecule has 1 amide bonds. The lowest BCUT2D eigenvalue weighted by Crippen LogP contribution is -2.31. The Balaban J connectivity index is 1.95. The number of amides is 1. The summed E-state index contributed by atoms with van der Waals surface area (Å²) in [4.78, 5) is 17.1. The lowest BCUT2D eigenvalue weighted by atomic mass is 10.2. The normalized spacial score (nSPS) is 11.4. The van der Waals surface area contributed by atoms with Gasteiger partial charge in [-0.1, -0.05) is 41.4 Å². The number of nitrogens with one attached hydrogen (secondary N) is 1. The molecule has 28 heavy (non-hydrogen) atoms. The minimum Gasteiger partial charge on any atom is -0.333 e. The lowest BCUT2D eigenvalue weighted by molar-refractivity contribution is 0.0977. The van der Waals surface area contributed by atoms with Crippen molar-refractivity contribution in [1.29, 1.82) is 0 Å². The fourth-order valence-electron chi connectivity index (χ4n) is 2.60. The number of aromatic nitrogens is 2. The molecule has 6 nitrogen and oxygen atoms in total. The van der Waals surface area contributed by atoms with Crippen molar-refractivity contribution in [1.82, 2.24) is 14.3 Å². The van der Waals surface area contributed by atoms with Crippen molar-refractivity contribution in [3.8, 4) is 11.4 Å². The molecule has 0 atom stereocenters. The van der Waals surface area contributed by atoms with Crippen LogP contribution in [0.4, 0.5) is 0 Å². The van der Waals surface area contributed by atoms with Crippen LogP contribution in [0.15, 0.2) is 58.5 Å². The highest BCUT2D eigenvalue weighted by atomic mass is 35.5. The van der Waals surface area contributed by atoms with Gasteiger partial charge in [0.25, 0.3) is 15.9 Å². The number of aryl methyl sites for hydroxylation is 1. The number of nitrogens with zero attached hydrogens (tertiary/aromatic N) is 2. The number of sulfonamides is 1. The van der Waals surface area contributed by atoms with Gasteiger partial charge in [-0.3, -0.25) is 4.79 Å². The average Bonchev–Trinajstić information content (AvgIpc) is 3.03. The topological polar surface area (TPSA) is 81.1 Å². The second-order valence-corrected chi connectivity index (χ2v) is 9.03. The summed E-state index contributed by atoms with van der Waals surface area (Å²) in [7, 11) is -2.49. The molecule has 1 N–H and O–H groups in total. The molecule has 3 aromatic rings. The molecule has 0 aliphatic rings. The minimum atomic E-state index is -4.19. The van der Waals surface area contributed by atoms with Gasteiger partial charge in [-0.25, -0.2) is 18.1 Å². The average molecular weight is 456 g/mol. The summed E-state index contributed by atoms with van der Waals surface area (Å²) < 4.78 is 29.1. The molecule has 146 valence electrons. The second kappa shape index (κ2) is 8.16. The molecule has 0 spiro atoms. The highest BCUT2D eigenvalue weighted by Crippen LogP contribution is 2.31. The van der Waals surface area contributed by atoms with E-state index in [-0.39, 0.29) is 15.6 Å². The van der Waals surface area contributed by atoms with Crippen molar-refractivity contribution < 1.29 is 13.2 Å². The van der Waals surface area contributed by atoms with E-state index in [0.717, 1.165) is 0 Å². The molecule has 0 radical (unpaired) electrons. The molecule has 0 aliphatic heterocycles. The molecule has 0 aliphatic carbocycles. The highest BCUT2D eigenvalue weighted by molar-refractivity contribution is 7.99. The molecule has 10 heteroatoms. The van der Waals surface area contributed by atoms with Crippen LogP contribution >= 0.6 is 35.0 Å². The molecular formula is C18H15Cl2N3O3S2. The number of halogens is 2. The van der Waals surface area contributed by atoms with Gasteiger partial charge in [0.05, 0.1) is 10.0 Å². The van der Waals surface area contributed by atoms with Crippen LogP contribution in [0.5, 0.6) is 0 Å². The van der Waals surface area contributed by atoms with Crippen LogP contribution < -0.4 is 4.72 Å². The molecule has 0 saturated carbocycles. The van der Waals surface area contributed by atoms with E-state index in [1.165, 1.54) is 24.0 Å². The quantitative estimate of drug-likeness (QED) is 0.581. The van der Waals surface area contributed by atoms with E-state index in [2.05, 4.69) is 4.98 Å². The summed E-state index contributed by atoms with van der Waals surface area (Å²) in [5, 5.41) is 0.501. The maximum atomic E-state index is 12.7. The number of hydrogen-bond donors (Lipinski definition) is 1. The Morgan fingerprint density at radius 3 is 2.46 bits per heavy atom. The van der Waals surface area contributed by atoms with E-state index in [4.69, 9.17) is 23.2 Å². The van der Waals surface area contributed by atoms with Crippen LogP contribution in [0.25, 0.3) is 11.4 Å². The van der Waals surface area contributed by atoms with Gasteiger partial charge in [0, 0.05) is 23.7 Å². The number of rotatable bonds is 5. The smallest absolute Gasteiger partial charge is 0.285 e. The zero-order valence-electron chi connectivity index (χ0n) is 14.8. The summed E-state index contributed by atoms with van der Waals surface area (Å²) in [5.41, 5.74) is 0.572. The Kier molecular flexibility index (Phi) is 6.04. The molecule has 1 heterocycles. The fourth-order valence-corrected chi connectivity index (χ4v) is 5.56. The number of carbonyl (C=O) groups excluding carboxylic acids is 1. The van der Waals surface area contributed by atoms with E-state index < -0.39 is 15.9 Å². The van der Waals surface area contributed by atoms with Crippen molar-refractivity contribution in [3.63, 3.8) is 0 Å². The van der Waals surface area contributed by atoms with Crippen molar-refractivity contribution in [2.24, 2.45) is 7.05 Å². The standard InChI is InChI=1S/C18H15Cl2N3O3S2/c1-23-10-14(21-17(23)11-6-3-4-7-12(11)19)18(24)22-28(25,26)16-13(20)8-5-9-15(16)27-2/h3-10H,1-2H3,(H,22,24). The van der Waals surface area contributed by atoms with Gasteiger partial charge < -0.3 is 4.57 Å². The fraction of sp³-hybridized carbons (Fsp3) is 0.111. The first kappa shape index (κ1) is 20.7. The van der Waals surface area contributed by atoms with E-state index in [0.29, 0.717) is 21.3 Å². The largest absolute Gasteiger partial charge is 0.333 e. The summed E-state index contributed by atoms with van der Waals surface area (Å²) in [5.74, 6) is -0.420. The van der Waals surface area contributed by atoms with E-state index in [1.54, 1.807) is 54.3 Å². The van der Waals surface area contributed by atoms with Crippen LogP contribution in [0, 0.1) is 0 Å². The van der Waals surface area contributed by atoms with Crippen molar-refractivity contribution >= 4 is 50.9 Å². The third-order valence-electron chi connectivity index (χ3n) is 3.87. The molecule has 0 fully saturated rings. The van der Waals surface area contributed by atoms with Gasteiger partial charge in [0.1, 0.15) is 16.4 Å². The van der Waals surface area contributed by atoms with E-state index >= 15 is 0 Å². The number of hydrogen-bond acceptors (Lipinski definition) is 5. The Morgan fingerprint density at radius 2 is 1.79 bits per heavy atom. The predicted octanol–water partition coefficient (Wildman–Crippen LogP) is 4.23. The first-order chi connectivity index (χ1) is 13.2. The lowest BCUT2D eigenvalue weighted by Gasteiger charge is -2.11. The summed E-state index contributed by atoms with van der Waals surface area (Å²) >= 11 is 13.5. The monoisotopic (exact) mass is 455 g/mol. The molecule has 1 aromatic heterocycles. The third kappa shape index (κ3) is 4.05. The van der Waals surface area contributed by atoms with Gasteiger partial charge in [0.2, 0.25) is 0 Å². The molecule has 3 rings (SSSR count). The summed E-state index contributed by atoms with van der Waals surface area (Å²) in [6, 6.07) is 11.8. The summed E-state index contributed by atoms with van der Waals surface area (Å²) in [6.07, 6.45) is 3.16. The maximum absolute atomic E-state index is 12.7. The van der Waals surface area contributed by atoms with Gasteiger partial charge in [-0.2, -0.15) is 0 Å². The Bertz CT molecular complexity index is 1160. The van der Waals surface area contributed by atoms with Crippen molar-refractivity contribution in [3.05, 3.63) is 64.4 Å². The minimum absolute atomic E-state index is 0.0323. The van der Waals surface area contributed by atoms with Crippen LogP contribution in [-0.2, 0) is 17.1 Å². The van der Waals surface area contributed by atoms with Gasteiger partial charge in [0.15, 0.2) is 0 Å². The predicted molar refractivity (Wildman–Crippen MR) is 112 cm³/mol. The first-order valence-corrected chi connectivity index (χ1v) is 11.4. The van der Waals surface area contributed by atoms with Crippen LogP contribution in [0.2, 0.25) is 10.0 Å². The molecule has 0 saturated heterocycles. The number of thioether (sulfide) groups is 1. The van der Waals surface area contributed by atoms with E-state index in [1.807, 2.05) is 4.72 Å². The van der Waals surface area contributed by atoms with E-state index in [9.17, 15) is 13.2 Å². The number of benzene rings is 2. The second-order valence-electron chi connectivity index (χ2n) is 5.75. The Hall–Kier alpha value is -2.00. The van der Waals surface area contributed by atoms with Crippen LogP contribution in [0.3, 0.4) is 0 Å². The third-order valence-corrected chi connectivity index (χ3v) is 6.97. The maximum Gasteiger partial charge on any atom is 0.285 e. The Morgan fingerprint density at radius 1 is 1.11 bits per heavy atom. The zero-order chi connectivity index (χ0) is 20.5. The van der Waals surface area contributed by atoms with Gasteiger partial charge in [-0.15, -0.1) is 11.8 Å². The molecule has 2 aromatic carbocycles. The van der Waals surface area contributed by atoms with Crippen molar-refractivity contribution in [2.75, 3.05) is 6.26 Å². The highest BCUT2D eigenvalue weighted by Gasteiger charge is 2.26. The summed E-state index contributed by atoms with van der Waals surface area (Å²) in [6.45, 7) is 0. The zero-order valence-corrected chi connectivity index (χ0v) is 18.0. The number of imidazole rings is 1. The SMILES string of the molecule is CSc1cccc(Cl)c1S(=O)(=O)NC(=O)c1cn(C)c(-c2ccccc2Cl)n1. The van der Waals surface area contributed by atoms with Crippen molar-refractivity contribution in [2.45, 2.75) is 9.79 Å². The number of carbonyl (C=O) groups is 1. The van der Waals surface area contributed by atoms with Crippen LogP contribution in [-0.4, -0.2) is 30.1 Å². The first-order valence-electron chi connectivity index (χ1n) is 7.92. The molecule has 0 unspecified atom stereocenters. The van der Waals surface area contributed by atoms with Gasteiger partial charge in [-0.05, 0) is 30.5 Å². The molecule has 0 bridgehead atoms.